The van der Waals surface area contributed by atoms with Crippen LogP contribution in [0.2, 0.25) is 0 Å². The Hall–Kier alpha value is -1.00. The van der Waals surface area contributed by atoms with E-state index in [0.29, 0.717) is 25.0 Å². The van der Waals surface area contributed by atoms with Crippen LogP contribution in [0.3, 0.4) is 0 Å². The zero-order chi connectivity index (χ0) is 13.7. The lowest BCUT2D eigenvalue weighted by Gasteiger charge is -2.23. The normalized spacial score (nSPS) is 34.8. The smallest absolute Gasteiger partial charge is 0.169 e. The minimum Gasteiger partial charge on any atom is -0.348 e. The molecule has 0 aromatic heterocycles. The first-order valence-corrected chi connectivity index (χ1v) is 7.37. The summed E-state index contributed by atoms with van der Waals surface area (Å²) >= 11 is 0. The molecule has 3 fully saturated rings. The second-order valence-electron chi connectivity index (χ2n) is 6.41. The van der Waals surface area contributed by atoms with Crippen LogP contribution >= 0.6 is 0 Å². The Bertz CT molecular complexity index is 489. The van der Waals surface area contributed by atoms with Gasteiger partial charge in [0.2, 0.25) is 0 Å². The summed E-state index contributed by atoms with van der Waals surface area (Å²) in [6, 6.07) is 3.90. The van der Waals surface area contributed by atoms with Gasteiger partial charge in [-0.15, -0.1) is 0 Å². The van der Waals surface area contributed by atoms with Crippen LogP contribution in [0.5, 0.6) is 0 Å². The van der Waals surface area contributed by atoms with Gasteiger partial charge in [0.15, 0.2) is 5.79 Å². The fraction of sp³-hybridized carbons (Fsp3) is 0.625. The van der Waals surface area contributed by atoms with E-state index in [4.69, 9.17) is 9.47 Å². The fourth-order valence-electron chi connectivity index (χ4n) is 4.41. The molecule has 0 N–H and O–H groups in total. The molecular weight excluding hydrogens is 262 g/mol. The molecule has 2 unspecified atom stereocenters. The van der Waals surface area contributed by atoms with Gasteiger partial charge in [-0.1, -0.05) is 0 Å². The van der Waals surface area contributed by atoms with E-state index in [1.807, 2.05) is 0 Å². The molecule has 4 rings (SSSR count). The Kier molecular flexibility index (Phi) is 2.86. The number of hydrogen-bond donors (Lipinski definition) is 0. The number of rotatable bonds is 1. The van der Waals surface area contributed by atoms with Crippen molar-refractivity contribution in [3.05, 3.63) is 35.4 Å². The van der Waals surface area contributed by atoms with Crippen LogP contribution in [-0.2, 0) is 9.47 Å². The summed E-state index contributed by atoms with van der Waals surface area (Å²) in [4.78, 5) is 0. The van der Waals surface area contributed by atoms with Crippen molar-refractivity contribution in [1.82, 2.24) is 0 Å². The van der Waals surface area contributed by atoms with Crippen molar-refractivity contribution < 1.29 is 18.3 Å². The maximum absolute atomic E-state index is 13.3. The van der Waals surface area contributed by atoms with Crippen LogP contribution in [0, 0.1) is 23.5 Å². The summed E-state index contributed by atoms with van der Waals surface area (Å²) in [6.07, 6.45) is 3.85. The SMILES string of the molecule is Fc1cc(F)cc(C2CC3CC4(CC3C2)OCCO4)c1. The average molecular weight is 280 g/mol. The molecule has 1 heterocycles. The fourth-order valence-corrected chi connectivity index (χ4v) is 4.41. The first-order chi connectivity index (χ1) is 9.63. The Morgan fingerprint density at radius 1 is 0.900 bits per heavy atom. The summed E-state index contributed by atoms with van der Waals surface area (Å²) in [5, 5.41) is 0. The van der Waals surface area contributed by atoms with E-state index in [0.717, 1.165) is 37.3 Å². The third-order valence-corrected chi connectivity index (χ3v) is 5.16. The van der Waals surface area contributed by atoms with Crippen molar-refractivity contribution in [2.45, 2.75) is 37.4 Å². The van der Waals surface area contributed by atoms with Crippen molar-refractivity contribution in [2.24, 2.45) is 11.8 Å². The van der Waals surface area contributed by atoms with Crippen molar-refractivity contribution in [3.63, 3.8) is 0 Å². The Balaban J connectivity index is 1.50. The van der Waals surface area contributed by atoms with Gasteiger partial charge in [-0.05, 0) is 48.3 Å². The third kappa shape index (κ3) is 2.06. The highest BCUT2D eigenvalue weighted by atomic mass is 19.1. The molecule has 1 saturated heterocycles. The Labute approximate surface area is 117 Å². The molecule has 2 aliphatic carbocycles. The third-order valence-electron chi connectivity index (χ3n) is 5.16. The summed E-state index contributed by atoms with van der Waals surface area (Å²) in [7, 11) is 0. The monoisotopic (exact) mass is 280 g/mol. The van der Waals surface area contributed by atoms with E-state index < -0.39 is 11.6 Å². The van der Waals surface area contributed by atoms with Gasteiger partial charge >= 0.3 is 0 Å². The van der Waals surface area contributed by atoms with Crippen molar-refractivity contribution in [1.29, 1.82) is 0 Å². The maximum atomic E-state index is 13.3. The van der Waals surface area contributed by atoms with E-state index in [1.165, 1.54) is 12.1 Å². The lowest BCUT2D eigenvalue weighted by atomic mass is 9.93. The zero-order valence-corrected chi connectivity index (χ0v) is 11.3. The van der Waals surface area contributed by atoms with Gasteiger partial charge < -0.3 is 9.47 Å². The predicted molar refractivity (Wildman–Crippen MR) is 69.2 cm³/mol. The molecule has 20 heavy (non-hydrogen) atoms. The van der Waals surface area contributed by atoms with Gasteiger partial charge in [0, 0.05) is 18.9 Å². The van der Waals surface area contributed by atoms with E-state index in [9.17, 15) is 8.78 Å². The van der Waals surface area contributed by atoms with Crippen LogP contribution in [0.1, 0.15) is 37.2 Å². The van der Waals surface area contributed by atoms with Gasteiger partial charge in [0.05, 0.1) is 13.2 Å². The van der Waals surface area contributed by atoms with Gasteiger partial charge in [-0.25, -0.2) is 8.78 Å². The average Bonchev–Trinajstić information content (AvgIpc) is 3.04. The molecule has 2 nitrogen and oxygen atoms in total. The second kappa shape index (κ2) is 4.50. The van der Waals surface area contributed by atoms with Crippen LogP contribution in [-0.4, -0.2) is 19.0 Å². The second-order valence-corrected chi connectivity index (χ2v) is 6.41. The zero-order valence-electron chi connectivity index (χ0n) is 11.3. The quantitative estimate of drug-likeness (QED) is 0.782. The highest BCUT2D eigenvalue weighted by molar-refractivity contribution is 5.24. The van der Waals surface area contributed by atoms with E-state index in [1.54, 1.807) is 0 Å². The molecule has 4 heteroatoms. The minimum absolute atomic E-state index is 0.272. The molecule has 1 spiro atoms. The van der Waals surface area contributed by atoms with Gasteiger partial charge in [-0.2, -0.15) is 0 Å². The predicted octanol–water partition coefficient (Wildman–Crippen LogP) is 3.61. The lowest BCUT2D eigenvalue weighted by molar-refractivity contribution is -0.155. The highest BCUT2D eigenvalue weighted by Gasteiger charge is 2.52. The number of ether oxygens (including phenoxy) is 2. The Morgan fingerprint density at radius 3 is 2.00 bits per heavy atom. The molecule has 108 valence electrons. The van der Waals surface area contributed by atoms with Crippen molar-refractivity contribution in [3.8, 4) is 0 Å². The van der Waals surface area contributed by atoms with Crippen LogP contribution < -0.4 is 0 Å². The summed E-state index contributed by atoms with van der Waals surface area (Å²) < 4.78 is 38.2. The standard InChI is InChI=1S/C16H18F2O2/c17-14-5-11(6-15(18)7-14)10-3-12-8-16(9-13(12)4-10)19-1-2-20-16/h5-7,10,12-13H,1-4,8-9H2. The molecule has 0 radical (unpaired) electrons. The van der Waals surface area contributed by atoms with Gasteiger partial charge in [0.1, 0.15) is 11.6 Å². The van der Waals surface area contributed by atoms with E-state index >= 15 is 0 Å². The molecule has 2 saturated carbocycles. The summed E-state index contributed by atoms with van der Waals surface area (Å²) in [6.45, 7) is 1.38. The Morgan fingerprint density at radius 2 is 1.45 bits per heavy atom. The van der Waals surface area contributed by atoms with Crippen LogP contribution in [0.25, 0.3) is 0 Å². The molecule has 0 bridgehead atoms. The van der Waals surface area contributed by atoms with Crippen LogP contribution in [0.15, 0.2) is 18.2 Å². The largest absolute Gasteiger partial charge is 0.348 e. The topological polar surface area (TPSA) is 18.5 Å². The van der Waals surface area contributed by atoms with Crippen molar-refractivity contribution >= 4 is 0 Å². The summed E-state index contributed by atoms with van der Waals surface area (Å²) in [5.74, 6) is 0.0998. The lowest BCUT2D eigenvalue weighted by Crippen LogP contribution is -2.27. The van der Waals surface area contributed by atoms with Gasteiger partial charge in [-0.3, -0.25) is 0 Å². The van der Waals surface area contributed by atoms with Crippen molar-refractivity contribution in [2.75, 3.05) is 13.2 Å². The molecule has 1 aromatic carbocycles. The number of hydrogen-bond acceptors (Lipinski definition) is 2. The van der Waals surface area contributed by atoms with E-state index in [-0.39, 0.29) is 11.7 Å². The number of halogens is 2. The highest BCUT2D eigenvalue weighted by Crippen LogP contribution is 2.56. The number of benzene rings is 1. The number of fused-ring (bicyclic) bond motifs is 1. The summed E-state index contributed by atoms with van der Waals surface area (Å²) in [5.41, 5.74) is 0.805. The molecular formula is C16H18F2O2. The molecule has 2 atom stereocenters. The molecule has 1 aromatic rings. The van der Waals surface area contributed by atoms with E-state index in [2.05, 4.69) is 0 Å². The molecule has 0 amide bonds. The van der Waals surface area contributed by atoms with Gasteiger partial charge in [0.25, 0.3) is 0 Å². The minimum atomic E-state index is -0.476. The first-order valence-electron chi connectivity index (χ1n) is 7.37. The maximum Gasteiger partial charge on any atom is 0.169 e. The van der Waals surface area contributed by atoms with Crippen LogP contribution in [0.4, 0.5) is 8.78 Å². The molecule has 1 aliphatic heterocycles. The first kappa shape index (κ1) is 12.7. The molecule has 3 aliphatic rings.